The molecule has 128 valence electrons. The summed E-state index contributed by atoms with van der Waals surface area (Å²) in [6, 6.07) is 6.93. The molecule has 1 atom stereocenters. The normalized spacial score (nSPS) is 17.0. The van der Waals surface area contributed by atoms with Crippen LogP contribution >= 0.6 is 0 Å². The SMILES string of the molecule is CC(C)C(Oc1ccc(-c2ccc(=O)[nH]n2)cn1)C1CCNCC1. The number of H-pyrrole nitrogens is 1. The summed E-state index contributed by atoms with van der Waals surface area (Å²) in [5.74, 6) is 1.64. The number of aromatic nitrogens is 3. The zero-order valence-corrected chi connectivity index (χ0v) is 14.2. The van der Waals surface area contributed by atoms with Crippen LogP contribution in [-0.4, -0.2) is 34.4 Å². The smallest absolute Gasteiger partial charge is 0.264 e. The van der Waals surface area contributed by atoms with Gasteiger partial charge in [0.1, 0.15) is 6.10 Å². The third kappa shape index (κ3) is 4.00. The van der Waals surface area contributed by atoms with Crippen LogP contribution in [0.2, 0.25) is 0 Å². The predicted molar refractivity (Wildman–Crippen MR) is 92.9 cm³/mol. The molecule has 0 aliphatic carbocycles. The maximum absolute atomic E-state index is 11.1. The molecule has 1 aliphatic rings. The maximum Gasteiger partial charge on any atom is 0.264 e. The molecule has 0 amide bonds. The Morgan fingerprint density at radius 1 is 1.17 bits per heavy atom. The van der Waals surface area contributed by atoms with E-state index in [1.807, 2.05) is 12.1 Å². The van der Waals surface area contributed by atoms with Crippen molar-refractivity contribution in [1.82, 2.24) is 20.5 Å². The lowest BCUT2D eigenvalue weighted by atomic mass is 9.86. The van der Waals surface area contributed by atoms with Crippen molar-refractivity contribution < 1.29 is 4.74 Å². The van der Waals surface area contributed by atoms with Crippen molar-refractivity contribution in [1.29, 1.82) is 0 Å². The van der Waals surface area contributed by atoms with Crippen molar-refractivity contribution in [3.63, 3.8) is 0 Å². The van der Waals surface area contributed by atoms with Crippen LogP contribution in [0.4, 0.5) is 0 Å². The minimum absolute atomic E-state index is 0.177. The summed E-state index contributed by atoms with van der Waals surface area (Å²) in [7, 11) is 0. The van der Waals surface area contributed by atoms with Crippen molar-refractivity contribution >= 4 is 0 Å². The summed E-state index contributed by atoms with van der Waals surface area (Å²) in [6.07, 6.45) is 4.19. The van der Waals surface area contributed by atoms with Crippen molar-refractivity contribution in [2.24, 2.45) is 11.8 Å². The van der Waals surface area contributed by atoms with Gasteiger partial charge in [0.05, 0.1) is 5.69 Å². The molecule has 24 heavy (non-hydrogen) atoms. The Hall–Kier alpha value is -2.21. The van der Waals surface area contributed by atoms with Crippen LogP contribution in [0.25, 0.3) is 11.3 Å². The van der Waals surface area contributed by atoms with Gasteiger partial charge < -0.3 is 10.1 Å². The van der Waals surface area contributed by atoms with Crippen molar-refractivity contribution in [3.8, 4) is 17.1 Å². The van der Waals surface area contributed by atoms with Gasteiger partial charge in [0.25, 0.3) is 5.56 Å². The van der Waals surface area contributed by atoms with E-state index < -0.39 is 0 Å². The topological polar surface area (TPSA) is 79.9 Å². The molecule has 0 spiro atoms. The second kappa shape index (κ2) is 7.57. The van der Waals surface area contributed by atoms with Gasteiger partial charge in [-0.25, -0.2) is 10.1 Å². The molecular formula is C18H24N4O2. The van der Waals surface area contributed by atoms with Crippen molar-refractivity contribution in [2.75, 3.05) is 13.1 Å². The van der Waals surface area contributed by atoms with E-state index >= 15 is 0 Å². The van der Waals surface area contributed by atoms with E-state index in [0.717, 1.165) is 31.5 Å². The first-order valence-electron chi connectivity index (χ1n) is 8.53. The van der Waals surface area contributed by atoms with Crippen LogP contribution in [0.1, 0.15) is 26.7 Å². The molecule has 0 aromatic carbocycles. The second-order valence-electron chi connectivity index (χ2n) is 6.61. The third-order valence-electron chi connectivity index (χ3n) is 4.47. The van der Waals surface area contributed by atoms with E-state index in [2.05, 4.69) is 34.3 Å². The number of nitrogens with zero attached hydrogens (tertiary/aromatic N) is 2. The maximum atomic E-state index is 11.1. The highest BCUT2D eigenvalue weighted by Gasteiger charge is 2.28. The predicted octanol–water partition coefficient (Wildman–Crippen LogP) is 2.23. The van der Waals surface area contributed by atoms with E-state index in [-0.39, 0.29) is 11.7 Å². The average Bonchev–Trinajstić information content (AvgIpc) is 2.61. The van der Waals surface area contributed by atoms with E-state index in [1.54, 1.807) is 12.3 Å². The molecule has 1 unspecified atom stereocenters. The molecule has 1 aliphatic heterocycles. The van der Waals surface area contributed by atoms with Crippen molar-refractivity contribution in [3.05, 3.63) is 40.8 Å². The lowest BCUT2D eigenvalue weighted by Gasteiger charge is -2.33. The Balaban J connectivity index is 1.72. The van der Waals surface area contributed by atoms with Gasteiger partial charge in [-0.15, -0.1) is 0 Å². The Labute approximate surface area is 141 Å². The number of hydrogen-bond donors (Lipinski definition) is 2. The third-order valence-corrected chi connectivity index (χ3v) is 4.47. The van der Waals surface area contributed by atoms with E-state index in [9.17, 15) is 4.79 Å². The van der Waals surface area contributed by atoms with Gasteiger partial charge in [0, 0.05) is 23.9 Å². The fraction of sp³-hybridized carbons (Fsp3) is 0.500. The van der Waals surface area contributed by atoms with E-state index in [1.165, 1.54) is 6.07 Å². The summed E-state index contributed by atoms with van der Waals surface area (Å²) in [5, 5.41) is 9.85. The molecule has 0 radical (unpaired) electrons. The molecule has 3 heterocycles. The number of aromatic amines is 1. The largest absolute Gasteiger partial charge is 0.474 e. The zero-order valence-electron chi connectivity index (χ0n) is 14.2. The molecule has 1 fully saturated rings. The summed E-state index contributed by atoms with van der Waals surface area (Å²) < 4.78 is 6.21. The van der Waals surface area contributed by atoms with Gasteiger partial charge in [0.15, 0.2) is 0 Å². The molecule has 6 nitrogen and oxygen atoms in total. The van der Waals surface area contributed by atoms with Crippen LogP contribution < -0.4 is 15.6 Å². The van der Waals surface area contributed by atoms with E-state index in [4.69, 9.17) is 4.74 Å². The first-order chi connectivity index (χ1) is 11.6. The van der Waals surface area contributed by atoms with Gasteiger partial charge in [-0.05, 0) is 49.9 Å². The summed E-state index contributed by atoms with van der Waals surface area (Å²) >= 11 is 0. The minimum atomic E-state index is -0.214. The highest BCUT2D eigenvalue weighted by Crippen LogP contribution is 2.26. The van der Waals surface area contributed by atoms with Gasteiger partial charge in [-0.2, -0.15) is 5.10 Å². The highest BCUT2D eigenvalue weighted by molar-refractivity contribution is 5.57. The molecule has 1 saturated heterocycles. The summed E-state index contributed by atoms with van der Waals surface area (Å²) in [4.78, 5) is 15.5. The molecule has 6 heteroatoms. The number of hydrogen-bond acceptors (Lipinski definition) is 5. The Kier molecular flexibility index (Phi) is 5.25. The average molecular weight is 328 g/mol. The minimum Gasteiger partial charge on any atom is -0.474 e. The van der Waals surface area contributed by atoms with Crippen LogP contribution in [0.5, 0.6) is 5.88 Å². The number of nitrogens with one attached hydrogen (secondary N) is 2. The fourth-order valence-corrected chi connectivity index (χ4v) is 3.20. The molecule has 2 aromatic rings. The van der Waals surface area contributed by atoms with E-state index in [0.29, 0.717) is 23.4 Å². The van der Waals surface area contributed by atoms with Crippen LogP contribution in [0, 0.1) is 11.8 Å². The number of rotatable bonds is 5. The molecule has 2 N–H and O–H groups in total. The quantitative estimate of drug-likeness (QED) is 0.880. The molecule has 0 bridgehead atoms. The monoisotopic (exact) mass is 328 g/mol. The van der Waals surface area contributed by atoms with Gasteiger partial charge in [0.2, 0.25) is 5.88 Å². The lowest BCUT2D eigenvalue weighted by molar-refractivity contribution is 0.0678. The fourth-order valence-electron chi connectivity index (χ4n) is 3.20. The van der Waals surface area contributed by atoms with Gasteiger partial charge in [-0.1, -0.05) is 13.8 Å². The van der Waals surface area contributed by atoms with Crippen LogP contribution in [-0.2, 0) is 0 Å². The zero-order chi connectivity index (χ0) is 16.9. The molecule has 0 saturated carbocycles. The lowest BCUT2D eigenvalue weighted by Crippen LogP contribution is -2.39. The summed E-state index contributed by atoms with van der Waals surface area (Å²) in [5.41, 5.74) is 1.32. The number of piperidine rings is 1. The molecule has 3 rings (SSSR count). The highest BCUT2D eigenvalue weighted by atomic mass is 16.5. The number of ether oxygens (including phenoxy) is 1. The molecule has 2 aromatic heterocycles. The first kappa shape index (κ1) is 16.6. The second-order valence-corrected chi connectivity index (χ2v) is 6.61. The number of pyridine rings is 1. The Morgan fingerprint density at radius 2 is 1.96 bits per heavy atom. The first-order valence-corrected chi connectivity index (χ1v) is 8.53. The summed E-state index contributed by atoms with van der Waals surface area (Å²) in [6.45, 7) is 6.51. The van der Waals surface area contributed by atoms with Crippen LogP contribution in [0.3, 0.4) is 0 Å². The molecular weight excluding hydrogens is 304 g/mol. The Morgan fingerprint density at radius 3 is 2.54 bits per heavy atom. The standard InChI is InChI=1S/C18H24N4O2/c1-12(2)18(13-7-9-19-10-8-13)24-17-6-3-14(11-20-17)15-4-5-16(23)22-21-15/h3-6,11-13,18-19H,7-10H2,1-2H3,(H,22,23). The van der Waals surface area contributed by atoms with Gasteiger partial charge in [-0.3, -0.25) is 4.79 Å². The van der Waals surface area contributed by atoms with Gasteiger partial charge >= 0.3 is 0 Å². The van der Waals surface area contributed by atoms with Crippen molar-refractivity contribution in [2.45, 2.75) is 32.8 Å². The van der Waals surface area contributed by atoms with Crippen LogP contribution in [0.15, 0.2) is 35.3 Å². The Bertz CT molecular complexity index is 685.